The third-order valence-corrected chi connectivity index (χ3v) is 5.41. The summed E-state index contributed by atoms with van der Waals surface area (Å²) >= 11 is 5.95. The molecule has 0 atom stereocenters. The van der Waals surface area contributed by atoms with Gasteiger partial charge < -0.3 is 15.0 Å². The minimum absolute atomic E-state index is 0.0756. The highest BCUT2D eigenvalue weighted by atomic mass is 35.5. The van der Waals surface area contributed by atoms with Gasteiger partial charge in [-0.1, -0.05) is 51.4 Å². The summed E-state index contributed by atoms with van der Waals surface area (Å²) in [6, 6.07) is 9.60. The molecule has 5 nitrogen and oxygen atoms in total. The number of nitrogens with zero attached hydrogens (tertiary/aromatic N) is 2. The molecule has 1 aliphatic rings. The smallest absolute Gasteiger partial charge is 0.253 e. The molecule has 1 aliphatic heterocycles. The van der Waals surface area contributed by atoms with Crippen molar-refractivity contribution in [3.05, 3.63) is 57.7 Å². The number of rotatable bonds is 6. The van der Waals surface area contributed by atoms with Crippen molar-refractivity contribution >= 4 is 23.3 Å². The monoisotopic (exact) mass is 415 g/mol. The Bertz CT molecular complexity index is 815. The SMILES string of the molecule is CC(C)c1cc(N2CCOCC2)nc(C(C)C)c1C(=O)NCc1ccc(Cl)cc1. The lowest BCUT2D eigenvalue weighted by Crippen LogP contribution is -2.37. The quantitative estimate of drug-likeness (QED) is 0.739. The predicted octanol–water partition coefficient (Wildman–Crippen LogP) is 4.75. The number of hydrogen-bond acceptors (Lipinski definition) is 4. The molecule has 29 heavy (non-hydrogen) atoms. The predicted molar refractivity (Wildman–Crippen MR) is 118 cm³/mol. The van der Waals surface area contributed by atoms with Crippen LogP contribution in [0.1, 0.15) is 66.7 Å². The fraction of sp³-hybridized carbons (Fsp3) is 0.478. The molecular weight excluding hydrogens is 386 g/mol. The van der Waals surface area contributed by atoms with E-state index in [4.69, 9.17) is 21.3 Å². The lowest BCUT2D eigenvalue weighted by molar-refractivity contribution is 0.0947. The first-order chi connectivity index (χ1) is 13.9. The van der Waals surface area contributed by atoms with Crippen LogP contribution in [0.25, 0.3) is 0 Å². The zero-order valence-corrected chi connectivity index (χ0v) is 18.4. The minimum Gasteiger partial charge on any atom is -0.378 e. The van der Waals surface area contributed by atoms with Gasteiger partial charge in [0.05, 0.1) is 24.5 Å². The Morgan fingerprint density at radius 3 is 2.38 bits per heavy atom. The Morgan fingerprint density at radius 1 is 1.14 bits per heavy atom. The molecule has 6 heteroatoms. The second-order valence-electron chi connectivity index (χ2n) is 8.05. The van der Waals surface area contributed by atoms with Crippen LogP contribution in [0.3, 0.4) is 0 Å². The number of halogens is 1. The van der Waals surface area contributed by atoms with Gasteiger partial charge in [0.25, 0.3) is 5.91 Å². The lowest BCUT2D eigenvalue weighted by Gasteiger charge is -2.30. The normalized spacial score (nSPS) is 14.5. The summed E-state index contributed by atoms with van der Waals surface area (Å²) in [5.41, 5.74) is 3.61. The van der Waals surface area contributed by atoms with Crippen LogP contribution in [-0.4, -0.2) is 37.2 Å². The van der Waals surface area contributed by atoms with Gasteiger partial charge in [0.1, 0.15) is 5.82 Å². The summed E-state index contributed by atoms with van der Waals surface area (Å²) < 4.78 is 5.48. The van der Waals surface area contributed by atoms with E-state index in [0.717, 1.165) is 35.7 Å². The van der Waals surface area contributed by atoms with Crippen molar-refractivity contribution in [2.45, 2.75) is 46.1 Å². The van der Waals surface area contributed by atoms with Crippen LogP contribution in [0.15, 0.2) is 30.3 Å². The van der Waals surface area contributed by atoms with Crippen LogP contribution in [0, 0.1) is 0 Å². The van der Waals surface area contributed by atoms with Gasteiger partial charge >= 0.3 is 0 Å². The molecule has 1 aromatic heterocycles. The van der Waals surface area contributed by atoms with Gasteiger partial charge in [-0.25, -0.2) is 4.98 Å². The van der Waals surface area contributed by atoms with Crippen LogP contribution in [0.4, 0.5) is 5.82 Å². The molecular formula is C23H30ClN3O2. The van der Waals surface area contributed by atoms with E-state index in [1.54, 1.807) is 0 Å². The van der Waals surface area contributed by atoms with Gasteiger partial charge in [0.15, 0.2) is 0 Å². The van der Waals surface area contributed by atoms with Gasteiger partial charge in [-0.15, -0.1) is 0 Å². The zero-order chi connectivity index (χ0) is 21.0. The molecule has 0 bridgehead atoms. The zero-order valence-electron chi connectivity index (χ0n) is 17.7. The number of ether oxygens (including phenoxy) is 1. The molecule has 1 saturated heterocycles. The van der Waals surface area contributed by atoms with Gasteiger partial charge in [0, 0.05) is 24.7 Å². The minimum atomic E-state index is -0.0756. The van der Waals surface area contributed by atoms with E-state index in [-0.39, 0.29) is 17.7 Å². The molecule has 0 spiro atoms. The maximum Gasteiger partial charge on any atom is 0.253 e. The van der Waals surface area contributed by atoms with Crippen LogP contribution >= 0.6 is 11.6 Å². The van der Waals surface area contributed by atoms with Crippen molar-refractivity contribution in [2.24, 2.45) is 0 Å². The number of morpholine rings is 1. The molecule has 0 radical (unpaired) electrons. The second-order valence-corrected chi connectivity index (χ2v) is 8.48. The molecule has 2 aromatic rings. The van der Waals surface area contributed by atoms with Crippen LogP contribution < -0.4 is 10.2 Å². The largest absolute Gasteiger partial charge is 0.378 e. The van der Waals surface area contributed by atoms with Gasteiger partial charge in [-0.2, -0.15) is 0 Å². The third kappa shape index (κ3) is 5.28. The number of benzene rings is 1. The fourth-order valence-electron chi connectivity index (χ4n) is 3.52. The van der Waals surface area contributed by atoms with Crippen LogP contribution in [-0.2, 0) is 11.3 Å². The van der Waals surface area contributed by atoms with Gasteiger partial charge in [0.2, 0.25) is 0 Å². The number of amides is 1. The van der Waals surface area contributed by atoms with E-state index >= 15 is 0 Å². The van der Waals surface area contributed by atoms with E-state index in [1.807, 2.05) is 24.3 Å². The average molecular weight is 416 g/mol. The van der Waals surface area contributed by atoms with Crippen molar-refractivity contribution < 1.29 is 9.53 Å². The molecule has 1 fully saturated rings. The molecule has 3 rings (SSSR count). The topological polar surface area (TPSA) is 54.5 Å². The van der Waals surface area contributed by atoms with Gasteiger partial charge in [-0.3, -0.25) is 4.79 Å². The lowest BCUT2D eigenvalue weighted by atomic mass is 9.91. The molecule has 156 valence electrons. The van der Waals surface area contributed by atoms with Crippen molar-refractivity contribution in [3.8, 4) is 0 Å². The molecule has 2 heterocycles. The van der Waals surface area contributed by atoms with Crippen LogP contribution in [0.2, 0.25) is 5.02 Å². The highest BCUT2D eigenvalue weighted by Gasteiger charge is 2.25. The van der Waals surface area contributed by atoms with Crippen LogP contribution in [0.5, 0.6) is 0 Å². The van der Waals surface area contributed by atoms with E-state index in [0.29, 0.717) is 30.3 Å². The first-order valence-electron chi connectivity index (χ1n) is 10.3. The van der Waals surface area contributed by atoms with E-state index < -0.39 is 0 Å². The van der Waals surface area contributed by atoms with Crippen molar-refractivity contribution in [3.63, 3.8) is 0 Å². The van der Waals surface area contributed by atoms with Crippen molar-refractivity contribution in [1.82, 2.24) is 10.3 Å². The summed E-state index contributed by atoms with van der Waals surface area (Å²) in [6.07, 6.45) is 0. The Morgan fingerprint density at radius 2 is 1.79 bits per heavy atom. The van der Waals surface area contributed by atoms with Crippen molar-refractivity contribution in [1.29, 1.82) is 0 Å². The molecule has 0 unspecified atom stereocenters. The average Bonchev–Trinajstić information content (AvgIpc) is 2.72. The summed E-state index contributed by atoms with van der Waals surface area (Å²) in [4.78, 5) is 20.4. The fourth-order valence-corrected chi connectivity index (χ4v) is 3.64. The van der Waals surface area contributed by atoms with Crippen molar-refractivity contribution in [2.75, 3.05) is 31.2 Å². The number of aromatic nitrogens is 1. The Labute approximate surface area is 178 Å². The Balaban J connectivity index is 1.92. The highest BCUT2D eigenvalue weighted by molar-refractivity contribution is 6.30. The standard InChI is InChI=1S/C23H30ClN3O2/c1-15(2)19-13-20(27-9-11-29-12-10-27)26-22(16(3)4)21(19)23(28)25-14-17-5-7-18(24)8-6-17/h5-8,13,15-16H,9-12,14H2,1-4H3,(H,25,28). The van der Waals surface area contributed by atoms with E-state index in [2.05, 4.69) is 44.0 Å². The van der Waals surface area contributed by atoms with Gasteiger partial charge in [-0.05, 0) is 41.2 Å². The molecule has 0 aliphatic carbocycles. The first kappa shape index (κ1) is 21.6. The first-order valence-corrected chi connectivity index (χ1v) is 10.6. The number of carbonyl (C=O) groups excluding carboxylic acids is 1. The number of pyridine rings is 1. The maximum absolute atomic E-state index is 13.2. The number of nitrogens with one attached hydrogen (secondary N) is 1. The Kier molecular flexibility index (Phi) is 7.14. The summed E-state index contributed by atoms with van der Waals surface area (Å²) in [5.74, 6) is 1.22. The molecule has 1 N–H and O–H groups in total. The maximum atomic E-state index is 13.2. The number of hydrogen-bond donors (Lipinski definition) is 1. The van der Waals surface area contributed by atoms with E-state index in [1.165, 1.54) is 0 Å². The Hall–Kier alpha value is -2.11. The summed E-state index contributed by atoms with van der Waals surface area (Å²) in [6.45, 7) is 11.9. The third-order valence-electron chi connectivity index (χ3n) is 5.16. The highest BCUT2D eigenvalue weighted by Crippen LogP contribution is 2.30. The summed E-state index contributed by atoms with van der Waals surface area (Å²) in [7, 11) is 0. The summed E-state index contributed by atoms with van der Waals surface area (Å²) in [5, 5.41) is 3.76. The molecule has 1 aromatic carbocycles. The number of anilines is 1. The second kappa shape index (κ2) is 9.59. The van der Waals surface area contributed by atoms with E-state index in [9.17, 15) is 4.79 Å². The molecule has 0 saturated carbocycles. The number of carbonyl (C=O) groups is 1. The molecule has 1 amide bonds.